The summed E-state index contributed by atoms with van der Waals surface area (Å²) in [7, 11) is 0. The fourth-order valence-electron chi connectivity index (χ4n) is 4.06. The number of aromatic nitrogens is 2. The number of hydrogen-bond donors (Lipinski definition) is 0. The first-order valence-electron chi connectivity index (χ1n) is 9.82. The molecule has 1 fully saturated rings. The summed E-state index contributed by atoms with van der Waals surface area (Å²) in [6.07, 6.45) is 10.0. The molecule has 0 spiro atoms. The first-order chi connectivity index (χ1) is 12.9. The van der Waals surface area contributed by atoms with Gasteiger partial charge in [0.1, 0.15) is 6.33 Å². The van der Waals surface area contributed by atoms with Crippen molar-refractivity contribution in [1.29, 1.82) is 0 Å². The van der Waals surface area contributed by atoms with E-state index in [0.29, 0.717) is 0 Å². The zero-order chi connectivity index (χ0) is 17.6. The summed E-state index contributed by atoms with van der Waals surface area (Å²) in [6.45, 7) is 3.59. The molecule has 3 nitrogen and oxygen atoms in total. The maximum absolute atomic E-state index is 4.30. The van der Waals surface area contributed by atoms with Crippen LogP contribution in [0.5, 0.6) is 0 Å². The Morgan fingerprint density at radius 2 is 1.81 bits per heavy atom. The Kier molecular flexibility index (Phi) is 5.56. The number of benzene rings is 2. The molecule has 0 aliphatic carbocycles. The number of piperidine rings is 1. The molecule has 0 unspecified atom stereocenters. The van der Waals surface area contributed by atoms with Crippen molar-refractivity contribution < 1.29 is 0 Å². The van der Waals surface area contributed by atoms with E-state index in [2.05, 4.69) is 63.4 Å². The number of nitrogens with zero attached hydrogens (tertiary/aromatic N) is 3. The quantitative estimate of drug-likeness (QED) is 0.638. The van der Waals surface area contributed by atoms with E-state index in [-0.39, 0.29) is 0 Å². The summed E-state index contributed by atoms with van der Waals surface area (Å²) in [5, 5.41) is 1.15. The van der Waals surface area contributed by atoms with Crippen LogP contribution in [0, 0.1) is 5.92 Å². The number of fused-ring (bicyclic) bond motifs is 1. The molecule has 1 aliphatic heterocycles. The van der Waals surface area contributed by atoms with Gasteiger partial charge in [-0.15, -0.1) is 0 Å². The van der Waals surface area contributed by atoms with Crippen LogP contribution in [0.4, 0.5) is 0 Å². The van der Waals surface area contributed by atoms with E-state index < -0.39 is 0 Å². The predicted octanol–water partition coefficient (Wildman–Crippen LogP) is 4.86. The molecule has 0 atom stereocenters. The highest BCUT2D eigenvalue weighted by Gasteiger charge is 2.18. The van der Waals surface area contributed by atoms with Crippen molar-refractivity contribution in [3.8, 4) is 0 Å². The van der Waals surface area contributed by atoms with Crippen LogP contribution >= 0.6 is 0 Å². The van der Waals surface area contributed by atoms with E-state index >= 15 is 0 Å². The standard InChI is InChI=1S/C23H27N3/c1-2-5-21(6-3-1)17-26-13-11-19(12-14-26)7-4-8-20-9-10-23-22(15-20)16-24-18-25-23/h1-3,5-6,9-10,15-16,18-19H,4,7-8,11-14,17H2. The Morgan fingerprint density at radius 1 is 0.962 bits per heavy atom. The van der Waals surface area contributed by atoms with E-state index in [1.165, 1.54) is 49.9 Å². The topological polar surface area (TPSA) is 29.0 Å². The van der Waals surface area contributed by atoms with E-state index in [9.17, 15) is 0 Å². The van der Waals surface area contributed by atoms with Gasteiger partial charge in [0.05, 0.1) is 5.52 Å². The third kappa shape index (κ3) is 4.47. The minimum Gasteiger partial charge on any atom is -0.299 e. The van der Waals surface area contributed by atoms with Crippen molar-refractivity contribution in [2.24, 2.45) is 5.92 Å². The van der Waals surface area contributed by atoms with Gasteiger partial charge in [0.25, 0.3) is 0 Å². The lowest BCUT2D eigenvalue weighted by Gasteiger charge is -2.32. The lowest BCUT2D eigenvalue weighted by molar-refractivity contribution is 0.171. The molecule has 26 heavy (non-hydrogen) atoms. The molecular formula is C23H27N3. The molecule has 0 saturated carbocycles. The normalized spacial score (nSPS) is 16.2. The van der Waals surface area contributed by atoms with E-state index in [1.807, 2.05) is 6.20 Å². The molecule has 3 heteroatoms. The maximum Gasteiger partial charge on any atom is 0.116 e. The smallest absolute Gasteiger partial charge is 0.116 e. The van der Waals surface area contributed by atoms with Crippen LogP contribution in [0.25, 0.3) is 10.9 Å². The van der Waals surface area contributed by atoms with Crippen LogP contribution < -0.4 is 0 Å². The van der Waals surface area contributed by atoms with Crippen LogP contribution in [0.3, 0.4) is 0 Å². The fourth-order valence-corrected chi connectivity index (χ4v) is 4.06. The number of hydrogen-bond acceptors (Lipinski definition) is 3. The summed E-state index contributed by atoms with van der Waals surface area (Å²) in [5.41, 5.74) is 3.88. The molecule has 2 aromatic carbocycles. The second kappa shape index (κ2) is 8.41. The molecule has 134 valence electrons. The lowest BCUT2D eigenvalue weighted by atomic mass is 9.90. The highest BCUT2D eigenvalue weighted by atomic mass is 15.1. The summed E-state index contributed by atoms with van der Waals surface area (Å²) < 4.78 is 0. The van der Waals surface area contributed by atoms with Gasteiger partial charge in [0.2, 0.25) is 0 Å². The first kappa shape index (κ1) is 17.2. The van der Waals surface area contributed by atoms with Crippen LogP contribution in [0.15, 0.2) is 61.1 Å². The minimum atomic E-state index is 0.894. The average Bonchev–Trinajstić information content (AvgIpc) is 2.70. The second-order valence-corrected chi connectivity index (χ2v) is 7.51. The Morgan fingerprint density at radius 3 is 2.65 bits per heavy atom. The average molecular weight is 345 g/mol. The zero-order valence-electron chi connectivity index (χ0n) is 15.3. The van der Waals surface area contributed by atoms with Crippen LogP contribution in [-0.4, -0.2) is 28.0 Å². The third-order valence-electron chi connectivity index (χ3n) is 5.60. The highest BCUT2D eigenvalue weighted by Crippen LogP contribution is 2.24. The second-order valence-electron chi connectivity index (χ2n) is 7.51. The predicted molar refractivity (Wildman–Crippen MR) is 107 cm³/mol. The molecule has 0 radical (unpaired) electrons. The van der Waals surface area contributed by atoms with Crippen LogP contribution in [0.2, 0.25) is 0 Å². The zero-order valence-corrected chi connectivity index (χ0v) is 15.3. The minimum absolute atomic E-state index is 0.894. The lowest BCUT2D eigenvalue weighted by Crippen LogP contribution is -2.33. The molecular weight excluding hydrogens is 318 g/mol. The number of likely N-dealkylation sites (tertiary alicyclic amines) is 1. The monoisotopic (exact) mass is 345 g/mol. The largest absolute Gasteiger partial charge is 0.299 e. The van der Waals surface area contributed by atoms with Gasteiger partial charge < -0.3 is 0 Å². The van der Waals surface area contributed by atoms with Crippen molar-refractivity contribution in [2.75, 3.05) is 13.1 Å². The molecule has 2 heterocycles. The molecule has 1 aromatic heterocycles. The van der Waals surface area contributed by atoms with Crippen molar-refractivity contribution in [2.45, 2.75) is 38.6 Å². The third-order valence-corrected chi connectivity index (χ3v) is 5.60. The van der Waals surface area contributed by atoms with E-state index in [0.717, 1.165) is 29.8 Å². The molecule has 1 aliphatic rings. The van der Waals surface area contributed by atoms with Crippen molar-refractivity contribution in [3.63, 3.8) is 0 Å². The van der Waals surface area contributed by atoms with Crippen molar-refractivity contribution in [1.82, 2.24) is 14.9 Å². The SMILES string of the molecule is c1ccc(CN2CCC(CCCc3ccc4ncncc4c3)CC2)cc1. The van der Waals surface area contributed by atoms with Gasteiger partial charge in [-0.1, -0.05) is 42.8 Å². The summed E-state index contributed by atoms with van der Waals surface area (Å²) >= 11 is 0. The van der Waals surface area contributed by atoms with Crippen LogP contribution in [0.1, 0.15) is 36.8 Å². The number of rotatable bonds is 6. The summed E-state index contributed by atoms with van der Waals surface area (Å²) in [4.78, 5) is 11.0. The Hall–Kier alpha value is -2.26. The van der Waals surface area contributed by atoms with Gasteiger partial charge in [0.15, 0.2) is 0 Å². The van der Waals surface area contributed by atoms with Gasteiger partial charge in [-0.25, -0.2) is 9.97 Å². The Labute approximate surface area is 156 Å². The summed E-state index contributed by atoms with van der Waals surface area (Å²) in [6, 6.07) is 17.4. The molecule has 0 amide bonds. The highest BCUT2D eigenvalue weighted by molar-refractivity contribution is 5.77. The molecule has 4 rings (SSSR count). The summed E-state index contributed by atoms with van der Waals surface area (Å²) in [5.74, 6) is 0.894. The van der Waals surface area contributed by atoms with Crippen molar-refractivity contribution >= 4 is 10.9 Å². The Balaban J connectivity index is 1.21. The Bertz CT molecular complexity index is 823. The van der Waals surface area contributed by atoms with Gasteiger partial charge in [-0.05, 0) is 68.0 Å². The number of aryl methyl sites for hydroxylation is 1. The molecule has 0 N–H and O–H groups in total. The van der Waals surface area contributed by atoms with Crippen LogP contribution in [-0.2, 0) is 13.0 Å². The van der Waals surface area contributed by atoms with Gasteiger partial charge in [-0.3, -0.25) is 4.90 Å². The van der Waals surface area contributed by atoms with Gasteiger partial charge in [-0.2, -0.15) is 0 Å². The van der Waals surface area contributed by atoms with E-state index in [1.54, 1.807) is 6.33 Å². The van der Waals surface area contributed by atoms with E-state index in [4.69, 9.17) is 0 Å². The molecule has 3 aromatic rings. The fraction of sp³-hybridized carbons (Fsp3) is 0.391. The maximum atomic E-state index is 4.30. The van der Waals surface area contributed by atoms with Gasteiger partial charge in [0, 0.05) is 18.1 Å². The molecule has 1 saturated heterocycles. The first-order valence-corrected chi connectivity index (χ1v) is 9.82. The van der Waals surface area contributed by atoms with Crippen molar-refractivity contribution in [3.05, 3.63) is 72.2 Å². The van der Waals surface area contributed by atoms with Gasteiger partial charge >= 0.3 is 0 Å². The molecule has 0 bridgehead atoms.